The minimum absolute atomic E-state index is 0.0236. The number of benzene rings is 1. The number of ketones is 1. The van der Waals surface area contributed by atoms with E-state index >= 15 is 0 Å². The molecule has 1 saturated carbocycles. The van der Waals surface area contributed by atoms with Crippen LogP contribution in [0.4, 0.5) is 0 Å². The molecular formula is C25H34O6. The summed E-state index contributed by atoms with van der Waals surface area (Å²) in [6.07, 6.45) is 8.20. The van der Waals surface area contributed by atoms with Gasteiger partial charge in [0.25, 0.3) is 0 Å². The first kappa shape index (κ1) is 25.0. The van der Waals surface area contributed by atoms with E-state index in [4.69, 9.17) is 9.84 Å². The van der Waals surface area contributed by atoms with E-state index in [1.807, 2.05) is 43.3 Å². The summed E-state index contributed by atoms with van der Waals surface area (Å²) >= 11 is 0. The Balaban J connectivity index is 1.90. The smallest absolute Gasteiger partial charge is 0.303 e. The number of carboxylic acid groups (broad SMARTS) is 1. The van der Waals surface area contributed by atoms with E-state index in [1.165, 1.54) is 0 Å². The van der Waals surface area contributed by atoms with Crippen molar-refractivity contribution in [3.8, 4) is 0 Å². The molecule has 0 aliphatic heterocycles. The third-order valence-electron chi connectivity index (χ3n) is 5.52. The molecule has 0 spiro atoms. The van der Waals surface area contributed by atoms with Crippen LogP contribution >= 0.6 is 0 Å². The minimum Gasteiger partial charge on any atom is -0.481 e. The summed E-state index contributed by atoms with van der Waals surface area (Å²) < 4.78 is 5.42. The summed E-state index contributed by atoms with van der Waals surface area (Å²) in [6, 6.07) is 7.90. The van der Waals surface area contributed by atoms with Crippen molar-refractivity contribution >= 4 is 11.8 Å². The van der Waals surface area contributed by atoms with Gasteiger partial charge in [-0.1, -0.05) is 48.6 Å². The number of carbonyl (C=O) groups excluding carboxylic acids is 1. The van der Waals surface area contributed by atoms with Gasteiger partial charge >= 0.3 is 5.97 Å². The van der Waals surface area contributed by atoms with Crippen LogP contribution in [0.3, 0.4) is 0 Å². The maximum absolute atomic E-state index is 12.3. The molecule has 0 aromatic heterocycles. The van der Waals surface area contributed by atoms with Crippen molar-refractivity contribution in [3.63, 3.8) is 0 Å². The number of unbranched alkanes of at least 4 members (excludes halogenated alkanes) is 1. The number of ether oxygens (including phenoxy) is 1. The molecule has 170 valence electrons. The van der Waals surface area contributed by atoms with Gasteiger partial charge in [0.15, 0.2) is 0 Å². The third kappa shape index (κ3) is 8.77. The summed E-state index contributed by atoms with van der Waals surface area (Å²) in [4.78, 5) is 22.8. The normalized spacial score (nSPS) is 22.5. The summed E-state index contributed by atoms with van der Waals surface area (Å²) in [5.41, 5.74) is 2.06. The Labute approximate surface area is 184 Å². The van der Waals surface area contributed by atoms with Crippen LogP contribution in [-0.2, 0) is 27.4 Å². The molecular weight excluding hydrogens is 396 g/mol. The van der Waals surface area contributed by atoms with Crippen LogP contribution in [0.5, 0.6) is 0 Å². The van der Waals surface area contributed by atoms with Crippen LogP contribution in [0.2, 0.25) is 0 Å². The van der Waals surface area contributed by atoms with Gasteiger partial charge in [0.2, 0.25) is 0 Å². The Morgan fingerprint density at radius 1 is 1.29 bits per heavy atom. The fourth-order valence-electron chi connectivity index (χ4n) is 3.89. The first-order valence-electron chi connectivity index (χ1n) is 11.0. The molecule has 6 heteroatoms. The number of aliphatic hydroxyl groups excluding tert-OH is 2. The van der Waals surface area contributed by atoms with Gasteiger partial charge in [-0.25, -0.2) is 0 Å². The lowest BCUT2D eigenvalue weighted by Crippen LogP contribution is -2.19. The first-order chi connectivity index (χ1) is 14.9. The molecule has 1 aromatic rings. The molecule has 1 aromatic carbocycles. The van der Waals surface area contributed by atoms with Gasteiger partial charge in [-0.2, -0.15) is 0 Å². The Kier molecular flexibility index (Phi) is 10.6. The molecule has 1 fully saturated rings. The van der Waals surface area contributed by atoms with Gasteiger partial charge in [0, 0.05) is 37.7 Å². The maximum Gasteiger partial charge on any atom is 0.303 e. The second-order valence-electron chi connectivity index (χ2n) is 8.03. The number of carboxylic acids is 1. The summed E-state index contributed by atoms with van der Waals surface area (Å²) in [5, 5.41) is 29.4. The van der Waals surface area contributed by atoms with Gasteiger partial charge in [-0.3, -0.25) is 9.59 Å². The molecule has 0 saturated heterocycles. The number of aliphatic hydroxyl groups is 2. The largest absolute Gasteiger partial charge is 0.481 e. The quantitative estimate of drug-likeness (QED) is 0.327. The Morgan fingerprint density at radius 3 is 2.81 bits per heavy atom. The Morgan fingerprint density at radius 2 is 2.06 bits per heavy atom. The molecule has 0 heterocycles. The lowest BCUT2D eigenvalue weighted by Gasteiger charge is -2.17. The minimum atomic E-state index is -0.813. The van der Waals surface area contributed by atoms with E-state index in [2.05, 4.69) is 0 Å². The number of hydrogen-bond donors (Lipinski definition) is 3. The SMILES string of the molecule is CCOCc1cccc(C[C@@H](O)C=C[C@H]2[C@H](O)CC(=O)[C@@H]2CC=CCCCC(=O)O)c1. The van der Waals surface area contributed by atoms with E-state index in [-0.39, 0.29) is 30.5 Å². The number of aliphatic carboxylic acids is 1. The predicted octanol–water partition coefficient (Wildman–Crippen LogP) is 3.45. The highest BCUT2D eigenvalue weighted by Crippen LogP contribution is 2.33. The highest BCUT2D eigenvalue weighted by Gasteiger charge is 2.39. The number of allylic oxidation sites excluding steroid dienone is 2. The third-order valence-corrected chi connectivity index (χ3v) is 5.52. The Hall–Kier alpha value is -2.28. The van der Waals surface area contributed by atoms with E-state index in [0.29, 0.717) is 38.9 Å². The van der Waals surface area contributed by atoms with Crippen molar-refractivity contribution in [1.29, 1.82) is 0 Å². The molecule has 0 bridgehead atoms. The highest BCUT2D eigenvalue weighted by atomic mass is 16.5. The average molecular weight is 431 g/mol. The summed E-state index contributed by atoms with van der Waals surface area (Å²) in [6.45, 7) is 3.14. The molecule has 3 N–H and O–H groups in total. The number of rotatable bonds is 13. The lowest BCUT2D eigenvalue weighted by atomic mass is 9.90. The fraction of sp³-hybridized carbons (Fsp3) is 0.520. The summed E-state index contributed by atoms with van der Waals surface area (Å²) in [5.74, 6) is -1.43. The number of Topliss-reactive ketones (excluding diaryl/α,β-unsaturated/α-hetero) is 1. The van der Waals surface area contributed by atoms with Gasteiger partial charge in [-0.15, -0.1) is 0 Å². The van der Waals surface area contributed by atoms with Crippen LogP contribution in [0.15, 0.2) is 48.6 Å². The molecule has 1 aliphatic rings. The standard InChI is InChI=1S/C25H34O6/c1-2-31-17-19-9-7-8-18(14-19)15-20(26)12-13-22-21(23(27)16-24(22)28)10-5-3-4-6-11-25(29)30/h3,5,7-9,12-14,20-22,24,26,28H,2,4,6,10-11,15-17H2,1H3,(H,29,30)/t20-,21+,22+,24+/m0/s1. The molecule has 0 radical (unpaired) electrons. The van der Waals surface area contributed by atoms with Gasteiger partial charge in [0.1, 0.15) is 5.78 Å². The fourth-order valence-corrected chi connectivity index (χ4v) is 3.89. The van der Waals surface area contributed by atoms with E-state index in [1.54, 1.807) is 12.2 Å². The zero-order valence-electron chi connectivity index (χ0n) is 18.2. The van der Waals surface area contributed by atoms with Crippen molar-refractivity contribution in [2.24, 2.45) is 11.8 Å². The van der Waals surface area contributed by atoms with Gasteiger partial charge < -0.3 is 20.1 Å². The van der Waals surface area contributed by atoms with Crippen LogP contribution in [-0.4, -0.2) is 45.9 Å². The molecule has 6 nitrogen and oxygen atoms in total. The maximum atomic E-state index is 12.3. The first-order valence-corrected chi connectivity index (χ1v) is 11.0. The van der Waals surface area contributed by atoms with E-state index < -0.39 is 18.2 Å². The van der Waals surface area contributed by atoms with Crippen molar-refractivity contribution in [2.75, 3.05) is 6.61 Å². The highest BCUT2D eigenvalue weighted by molar-refractivity contribution is 5.84. The monoisotopic (exact) mass is 430 g/mol. The Bertz CT molecular complexity index is 769. The van der Waals surface area contributed by atoms with Crippen LogP contribution in [0, 0.1) is 11.8 Å². The van der Waals surface area contributed by atoms with Crippen molar-refractivity contribution in [3.05, 3.63) is 59.7 Å². The second-order valence-corrected chi connectivity index (χ2v) is 8.03. The van der Waals surface area contributed by atoms with Crippen molar-refractivity contribution < 1.29 is 29.6 Å². The molecule has 4 atom stereocenters. The molecule has 2 rings (SSSR count). The van der Waals surface area contributed by atoms with E-state index in [9.17, 15) is 19.8 Å². The van der Waals surface area contributed by atoms with Crippen LogP contribution in [0.1, 0.15) is 50.2 Å². The zero-order chi connectivity index (χ0) is 22.6. The molecule has 31 heavy (non-hydrogen) atoms. The topological polar surface area (TPSA) is 104 Å². The number of hydrogen-bond acceptors (Lipinski definition) is 5. The van der Waals surface area contributed by atoms with Crippen LogP contribution in [0.25, 0.3) is 0 Å². The molecule has 0 unspecified atom stereocenters. The van der Waals surface area contributed by atoms with E-state index in [0.717, 1.165) is 11.1 Å². The average Bonchev–Trinajstić information content (AvgIpc) is 2.99. The van der Waals surface area contributed by atoms with Crippen molar-refractivity contribution in [1.82, 2.24) is 0 Å². The van der Waals surface area contributed by atoms with Gasteiger partial charge in [0.05, 0.1) is 18.8 Å². The second kappa shape index (κ2) is 13.2. The van der Waals surface area contributed by atoms with Crippen molar-refractivity contribution in [2.45, 2.75) is 64.3 Å². The van der Waals surface area contributed by atoms with Crippen LogP contribution < -0.4 is 0 Å². The summed E-state index contributed by atoms with van der Waals surface area (Å²) in [7, 11) is 0. The molecule has 1 aliphatic carbocycles. The predicted molar refractivity (Wildman–Crippen MR) is 118 cm³/mol. The zero-order valence-corrected chi connectivity index (χ0v) is 18.2. The lowest BCUT2D eigenvalue weighted by molar-refractivity contribution is -0.137. The number of carbonyl (C=O) groups is 2. The molecule has 0 amide bonds. The van der Waals surface area contributed by atoms with Gasteiger partial charge in [-0.05, 0) is 37.3 Å².